The summed E-state index contributed by atoms with van der Waals surface area (Å²) < 4.78 is 7.76. The first-order chi connectivity index (χ1) is 16.2. The molecule has 2 aromatic rings. The number of esters is 1. The van der Waals surface area contributed by atoms with Gasteiger partial charge in [-0.3, -0.25) is 4.99 Å². The van der Waals surface area contributed by atoms with Gasteiger partial charge in [0, 0.05) is 49.7 Å². The molecule has 3 rings (SSSR count). The predicted octanol–water partition coefficient (Wildman–Crippen LogP) is 5.30. The Labute approximate surface area is 204 Å². The number of aliphatic imine (C=N–C) groups is 1. The molecule has 1 aliphatic heterocycles. The second kappa shape index (κ2) is 11.0. The molecule has 0 spiro atoms. The zero-order valence-corrected chi connectivity index (χ0v) is 21.9. The summed E-state index contributed by atoms with van der Waals surface area (Å²) in [5.74, 6) is -0.294. The highest BCUT2D eigenvalue weighted by molar-refractivity contribution is 6.10. The molecular formula is C28H40N4O2. The summed E-state index contributed by atoms with van der Waals surface area (Å²) >= 11 is 0. The van der Waals surface area contributed by atoms with Crippen molar-refractivity contribution in [3.63, 3.8) is 0 Å². The topological polar surface area (TPSA) is 49.5 Å². The lowest BCUT2D eigenvalue weighted by Crippen LogP contribution is -2.41. The van der Waals surface area contributed by atoms with E-state index in [2.05, 4.69) is 65.1 Å². The average Bonchev–Trinajstić information content (AvgIpc) is 3.21. The molecule has 0 amide bonds. The van der Waals surface area contributed by atoms with Crippen LogP contribution in [0.1, 0.15) is 67.2 Å². The number of hydrogen-bond donors (Lipinski definition) is 0. The fraction of sp³-hybridized carbons (Fsp3) is 0.500. The normalized spacial score (nSPS) is 15.8. The molecule has 3 heterocycles. The highest BCUT2D eigenvalue weighted by atomic mass is 16.5. The number of carbonyl (C=O) groups is 1. The van der Waals surface area contributed by atoms with E-state index in [1.807, 2.05) is 33.1 Å². The standard InChI is InChI=1S/C28H40N4O2/c1-9-10-22(17-29-6)23-15-25-16-26(28(33)34-19(2)3)20(4)27(32(25)18-23)21(5)31-13-11-24(12-14-31)30(7)8/h10,15-19,24H,5,9,11-14H2,1-4,6-8H3/b22-10+,29-17?. The van der Waals surface area contributed by atoms with E-state index in [0.717, 1.165) is 66.0 Å². The van der Waals surface area contributed by atoms with Gasteiger partial charge in [0.1, 0.15) is 0 Å². The Morgan fingerprint density at radius 1 is 1.29 bits per heavy atom. The van der Waals surface area contributed by atoms with Gasteiger partial charge in [-0.05, 0) is 77.4 Å². The average molecular weight is 465 g/mol. The van der Waals surface area contributed by atoms with Crippen LogP contribution in [0.15, 0.2) is 36.0 Å². The second-order valence-electron chi connectivity index (χ2n) is 9.59. The fourth-order valence-electron chi connectivity index (χ4n) is 4.76. The summed E-state index contributed by atoms with van der Waals surface area (Å²) in [5, 5.41) is 0. The van der Waals surface area contributed by atoms with Gasteiger partial charge in [0.25, 0.3) is 0 Å². The zero-order valence-electron chi connectivity index (χ0n) is 21.9. The summed E-state index contributed by atoms with van der Waals surface area (Å²) in [6, 6.07) is 4.64. The quantitative estimate of drug-likeness (QED) is 0.393. The number of allylic oxidation sites excluding steroid dienone is 2. The summed E-state index contributed by atoms with van der Waals surface area (Å²) in [7, 11) is 6.08. The monoisotopic (exact) mass is 464 g/mol. The minimum absolute atomic E-state index is 0.179. The highest BCUT2D eigenvalue weighted by Crippen LogP contribution is 2.31. The van der Waals surface area contributed by atoms with Crippen LogP contribution in [-0.4, -0.2) is 72.8 Å². The number of pyridine rings is 1. The van der Waals surface area contributed by atoms with E-state index in [-0.39, 0.29) is 12.1 Å². The Morgan fingerprint density at radius 2 is 1.97 bits per heavy atom. The van der Waals surface area contributed by atoms with Crippen LogP contribution >= 0.6 is 0 Å². The van der Waals surface area contributed by atoms with Gasteiger partial charge in [-0.25, -0.2) is 4.79 Å². The molecule has 0 N–H and O–H groups in total. The number of rotatable bonds is 8. The Morgan fingerprint density at radius 3 is 2.53 bits per heavy atom. The summed E-state index contributed by atoms with van der Waals surface area (Å²) in [6.45, 7) is 14.3. The molecule has 0 aliphatic carbocycles. The van der Waals surface area contributed by atoms with E-state index in [1.165, 1.54) is 0 Å². The lowest BCUT2D eigenvalue weighted by atomic mass is 10.0. The van der Waals surface area contributed by atoms with Gasteiger partial charge in [-0.1, -0.05) is 19.6 Å². The third-order valence-corrected chi connectivity index (χ3v) is 6.58. The number of carbonyl (C=O) groups excluding carboxylic acids is 1. The molecule has 0 saturated carbocycles. The maximum absolute atomic E-state index is 13.0. The van der Waals surface area contributed by atoms with Crippen molar-refractivity contribution < 1.29 is 9.53 Å². The molecule has 1 fully saturated rings. The Kier molecular flexibility index (Phi) is 8.37. The van der Waals surface area contributed by atoms with Crippen LogP contribution in [0.4, 0.5) is 0 Å². The van der Waals surface area contributed by atoms with Crippen LogP contribution in [0.5, 0.6) is 0 Å². The van der Waals surface area contributed by atoms with E-state index in [1.54, 1.807) is 7.05 Å². The van der Waals surface area contributed by atoms with Crippen LogP contribution in [-0.2, 0) is 4.74 Å². The second-order valence-corrected chi connectivity index (χ2v) is 9.59. The number of fused-ring (bicyclic) bond motifs is 1. The first-order valence-electron chi connectivity index (χ1n) is 12.3. The van der Waals surface area contributed by atoms with E-state index >= 15 is 0 Å². The fourth-order valence-corrected chi connectivity index (χ4v) is 4.76. The van der Waals surface area contributed by atoms with E-state index in [0.29, 0.717) is 11.6 Å². The lowest BCUT2D eigenvalue weighted by Gasteiger charge is -2.38. The first-order valence-corrected chi connectivity index (χ1v) is 12.3. The number of ether oxygens (including phenoxy) is 1. The Balaban J connectivity index is 2.13. The SMILES string of the molecule is C=C(c1c(C)c(C(=O)OC(C)C)cc2cc(/C(C=NC)=C/CC)cn12)N1CCC(N(C)C)CC1. The first kappa shape index (κ1) is 25.8. The van der Waals surface area contributed by atoms with Crippen LogP contribution in [0, 0.1) is 6.92 Å². The molecule has 0 atom stereocenters. The molecule has 0 unspecified atom stereocenters. The third kappa shape index (κ3) is 5.44. The summed E-state index contributed by atoms with van der Waals surface area (Å²) in [5.41, 5.74) is 6.49. The van der Waals surface area contributed by atoms with Crippen molar-refractivity contribution in [2.24, 2.45) is 4.99 Å². The van der Waals surface area contributed by atoms with Crippen molar-refractivity contribution in [3.05, 3.63) is 53.4 Å². The predicted molar refractivity (Wildman–Crippen MR) is 143 cm³/mol. The van der Waals surface area contributed by atoms with Gasteiger partial charge in [0.15, 0.2) is 0 Å². The van der Waals surface area contributed by atoms with E-state index in [9.17, 15) is 4.79 Å². The number of aromatic nitrogens is 1. The number of nitrogens with zero attached hydrogens (tertiary/aromatic N) is 4. The maximum atomic E-state index is 13.0. The molecular weight excluding hydrogens is 424 g/mol. The minimum atomic E-state index is -0.294. The molecule has 34 heavy (non-hydrogen) atoms. The molecule has 0 radical (unpaired) electrons. The molecule has 184 valence electrons. The van der Waals surface area contributed by atoms with Gasteiger partial charge >= 0.3 is 5.97 Å². The Bertz CT molecular complexity index is 1100. The van der Waals surface area contributed by atoms with Crippen LogP contribution in [0.25, 0.3) is 16.8 Å². The highest BCUT2D eigenvalue weighted by Gasteiger charge is 2.26. The van der Waals surface area contributed by atoms with Crippen molar-refractivity contribution >= 4 is 29.0 Å². The molecule has 6 nitrogen and oxygen atoms in total. The van der Waals surface area contributed by atoms with Crippen molar-refractivity contribution in [2.45, 2.75) is 59.1 Å². The molecule has 1 saturated heterocycles. The number of likely N-dealkylation sites (tertiary alicyclic amines) is 1. The van der Waals surface area contributed by atoms with Gasteiger partial charge < -0.3 is 18.9 Å². The van der Waals surface area contributed by atoms with Gasteiger partial charge in [0.05, 0.1) is 23.1 Å². The van der Waals surface area contributed by atoms with Crippen molar-refractivity contribution in [1.29, 1.82) is 0 Å². The van der Waals surface area contributed by atoms with Gasteiger partial charge in [0.2, 0.25) is 0 Å². The van der Waals surface area contributed by atoms with Crippen LogP contribution in [0.3, 0.4) is 0 Å². The van der Waals surface area contributed by atoms with Crippen molar-refractivity contribution in [2.75, 3.05) is 34.2 Å². The summed E-state index contributed by atoms with van der Waals surface area (Å²) in [4.78, 5) is 21.9. The lowest BCUT2D eigenvalue weighted by molar-refractivity contribution is 0.0377. The molecule has 2 aromatic heterocycles. The van der Waals surface area contributed by atoms with Crippen LogP contribution < -0.4 is 0 Å². The zero-order chi connectivity index (χ0) is 25.0. The molecule has 6 heteroatoms. The minimum Gasteiger partial charge on any atom is -0.459 e. The van der Waals surface area contributed by atoms with E-state index < -0.39 is 0 Å². The number of piperidine rings is 1. The smallest absolute Gasteiger partial charge is 0.338 e. The molecule has 1 aliphatic rings. The van der Waals surface area contributed by atoms with Crippen molar-refractivity contribution in [1.82, 2.24) is 14.2 Å². The van der Waals surface area contributed by atoms with Crippen molar-refractivity contribution in [3.8, 4) is 0 Å². The maximum Gasteiger partial charge on any atom is 0.338 e. The largest absolute Gasteiger partial charge is 0.459 e. The third-order valence-electron chi connectivity index (χ3n) is 6.58. The molecule has 0 aromatic carbocycles. The Hall–Kier alpha value is -2.86. The van der Waals surface area contributed by atoms with Gasteiger partial charge in [-0.2, -0.15) is 0 Å². The van der Waals surface area contributed by atoms with Crippen LogP contribution in [0.2, 0.25) is 0 Å². The van der Waals surface area contributed by atoms with Gasteiger partial charge in [-0.15, -0.1) is 0 Å². The number of hydrogen-bond acceptors (Lipinski definition) is 5. The summed E-state index contributed by atoms with van der Waals surface area (Å²) in [6.07, 6.45) is 9.12. The molecule has 0 bridgehead atoms. The van der Waals surface area contributed by atoms with E-state index in [4.69, 9.17) is 4.74 Å².